The first-order valence-electron chi connectivity index (χ1n) is 9.49. The highest BCUT2D eigenvalue weighted by molar-refractivity contribution is 7.14. The van der Waals surface area contributed by atoms with Gasteiger partial charge in [0, 0.05) is 22.7 Å². The molecule has 9 heteroatoms. The zero-order valence-electron chi connectivity index (χ0n) is 17.5. The van der Waals surface area contributed by atoms with E-state index in [1.54, 1.807) is 50.4 Å². The molecule has 31 heavy (non-hydrogen) atoms. The third-order valence-electron chi connectivity index (χ3n) is 4.32. The second-order valence-corrected chi connectivity index (χ2v) is 7.63. The predicted octanol–water partition coefficient (Wildman–Crippen LogP) is 3.34. The summed E-state index contributed by atoms with van der Waals surface area (Å²) in [5, 5.41) is 7.95. The Bertz CT molecular complexity index is 1040. The van der Waals surface area contributed by atoms with E-state index in [-0.39, 0.29) is 24.9 Å². The number of benzene rings is 2. The Hall–Kier alpha value is -3.43. The van der Waals surface area contributed by atoms with Gasteiger partial charge in [-0.25, -0.2) is 4.98 Å². The van der Waals surface area contributed by atoms with E-state index in [1.165, 1.54) is 11.3 Å². The zero-order chi connectivity index (χ0) is 22.2. The van der Waals surface area contributed by atoms with Crippen LogP contribution in [0.1, 0.15) is 0 Å². The number of carbonyl (C=O) groups is 2. The maximum atomic E-state index is 12.3. The van der Waals surface area contributed by atoms with Crippen molar-refractivity contribution in [3.05, 3.63) is 53.9 Å². The van der Waals surface area contributed by atoms with Gasteiger partial charge in [0.15, 0.2) is 5.13 Å². The first-order chi connectivity index (χ1) is 15.0. The van der Waals surface area contributed by atoms with Gasteiger partial charge in [0.2, 0.25) is 11.8 Å². The van der Waals surface area contributed by atoms with Crippen LogP contribution in [-0.4, -0.2) is 56.1 Å². The van der Waals surface area contributed by atoms with E-state index in [0.717, 1.165) is 17.0 Å². The highest BCUT2D eigenvalue weighted by atomic mass is 32.1. The molecule has 0 saturated carbocycles. The molecule has 2 aromatic carbocycles. The van der Waals surface area contributed by atoms with E-state index in [2.05, 4.69) is 15.6 Å². The predicted molar refractivity (Wildman–Crippen MR) is 122 cm³/mol. The number of amides is 2. The highest BCUT2D eigenvalue weighted by Crippen LogP contribution is 2.26. The van der Waals surface area contributed by atoms with E-state index in [9.17, 15) is 9.59 Å². The molecule has 0 bridgehead atoms. The summed E-state index contributed by atoms with van der Waals surface area (Å²) in [4.78, 5) is 30.6. The van der Waals surface area contributed by atoms with E-state index in [4.69, 9.17) is 9.47 Å². The third-order valence-corrected chi connectivity index (χ3v) is 5.07. The van der Waals surface area contributed by atoms with Gasteiger partial charge in [-0.2, -0.15) is 0 Å². The molecule has 1 aromatic heterocycles. The minimum absolute atomic E-state index is 0.0585. The van der Waals surface area contributed by atoms with Gasteiger partial charge in [-0.3, -0.25) is 14.5 Å². The van der Waals surface area contributed by atoms with Crippen molar-refractivity contribution in [2.24, 2.45) is 0 Å². The Kier molecular flexibility index (Phi) is 7.58. The van der Waals surface area contributed by atoms with Crippen LogP contribution in [0.3, 0.4) is 0 Å². The van der Waals surface area contributed by atoms with Crippen molar-refractivity contribution in [3.63, 3.8) is 0 Å². The van der Waals surface area contributed by atoms with Crippen LogP contribution in [0, 0.1) is 0 Å². The second-order valence-electron chi connectivity index (χ2n) is 6.77. The maximum Gasteiger partial charge on any atom is 0.240 e. The standard InChI is InChI=1S/C22H24N4O4S/c1-26(12-20(27)23-16-5-4-6-18(11-16)30-3)13-21(28)25-22-24-19(14-31-22)15-7-9-17(29-2)10-8-15/h4-11,14H,12-13H2,1-3H3,(H,23,27)(H,24,25,28). The Morgan fingerprint density at radius 2 is 1.65 bits per heavy atom. The lowest BCUT2D eigenvalue weighted by atomic mass is 10.2. The van der Waals surface area contributed by atoms with Crippen LogP contribution in [0.2, 0.25) is 0 Å². The largest absolute Gasteiger partial charge is 0.497 e. The number of hydrogen-bond acceptors (Lipinski definition) is 7. The Morgan fingerprint density at radius 1 is 0.968 bits per heavy atom. The number of carbonyl (C=O) groups excluding carboxylic acids is 2. The number of hydrogen-bond donors (Lipinski definition) is 2. The number of likely N-dealkylation sites (N-methyl/N-ethyl adjacent to an activating group) is 1. The lowest BCUT2D eigenvalue weighted by Crippen LogP contribution is -2.36. The molecule has 0 atom stereocenters. The molecule has 0 unspecified atom stereocenters. The number of ether oxygens (including phenoxy) is 2. The maximum absolute atomic E-state index is 12.3. The minimum Gasteiger partial charge on any atom is -0.497 e. The van der Waals surface area contributed by atoms with Crippen molar-refractivity contribution in [1.82, 2.24) is 9.88 Å². The van der Waals surface area contributed by atoms with E-state index in [0.29, 0.717) is 16.6 Å². The van der Waals surface area contributed by atoms with Gasteiger partial charge in [0.1, 0.15) is 11.5 Å². The SMILES string of the molecule is COc1ccc(-c2csc(NC(=O)CN(C)CC(=O)Nc3cccc(OC)c3)n2)cc1. The average molecular weight is 441 g/mol. The zero-order valence-corrected chi connectivity index (χ0v) is 18.4. The number of methoxy groups -OCH3 is 2. The molecular formula is C22H24N4O4S. The summed E-state index contributed by atoms with van der Waals surface area (Å²) in [6.45, 7) is 0.128. The van der Waals surface area contributed by atoms with Gasteiger partial charge in [-0.05, 0) is 43.4 Å². The van der Waals surface area contributed by atoms with Crippen LogP contribution >= 0.6 is 11.3 Å². The van der Waals surface area contributed by atoms with Crippen LogP contribution in [0.25, 0.3) is 11.3 Å². The number of aromatic nitrogens is 1. The van der Waals surface area contributed by atoms with E-state index >= 15 is 0 Å². The molecule has 2 N–H and O–H groups in total. The van der Waals surface area contributed by atoms with Gasteiger partial charge in [0.25, 0.3) is 0 Å². The Labute approximate surface area is 184 Å². The van der Waals surface area contributed by atoms with Crippen molar-refractivity contribution in [2.75, 3.05) is 45.0 Å². The van der Waals surface area contributed by atoms with Crippen molar-refractivity contribution in [1.29, 1.82) is 0 Å². The van der Waals surface area contributed by atoms with Crippen LogP contribution in [0.5, 0.6) is 11.5 Å². The quantitative estimate of drug-likeness (QED) is 0.530. The molecule has 8 nitrogen and oxygen atoms in total. The highest BCUT2D eigenvalue weighted by Gasteiger charge is 2.13. The normalized spacial score (nSPS) is 10.6. The van der Waals surface area contributed by atoms with Crippen molar-refractivity contribution in [3.8, 4) is 22.8 Å². The van der Waals surface area contributed by atoms with Gasteiger partial charge in [-0.1, -0.05) is 6.07 Å². The lowest BCUT2D eigenvalue weighted by Gasteiger charge is -2.15. The van der Waals surface area contributed by atoms with Gasteiger partial charge >= 0.3 is 0 Å². The number of anilines is 2. The molecule has 3 rings (SSSR count). The summed E-state index contributed by atoms with van der Waals surface area (Å²) in [6.07, 6.45) is 0. The first-order valence-corrected chi connectivity index (χ1v) is 10.4. The van der Waals surface area contributed by atoms with Gasteiger partial charge in [-0.15, -0.1) is 11.3 Å². The summed E-state index contributed by atoms with van der Waals surface area (Å²) in [5.41, 5.74) is 2.34. The first kappa shape index (κ1) is 22.3. The van der Waals surface area contributed by atoms with E-state index in [1.807, 2.05) is 29.6 Å². The number of nitrogens with one attached hydrogen (secondary N) is 2. The summed E-state index contributed by atoms with van der Waals surface area (Å²) < 4.78 is 10.3. The number of thiazole rings is 1. The number of nitrogens with zero attached hydrogens (tertiary/aromatic N) is 2. The van der Waals surface area contributed by atoms with Crippen molar-refractivity contribution >= 4 is 34.0 Å². The van der Waals surface area contributed by atoms with Gasteiger partial charge < -0.3 is 20.1 Å². The lowest BCUT2D eigenvalue weighted by molar-refractivity contribution is -0.119. The molecule has 1 heterocycles. The molecule has 0 saturated heterocycles. The summed E-state index contributed by atoms with van der Waals surface area (Å²) in [5.74, 6) is 0.959. The molecule has 3 aromatic rings. The summed E-state index contributed by atoms with van der Waals surface area (Å²) in [6, 6.07) is 14.6. The number of rotatable bonds is 9. The van der Waals surface area contributed by atoms with E-state index < -0.39 is 0 Å². The molecule has 2 amide bonds. The average Bonchev–Trinajstić information content (AvgIpc) is 3.21. The molecular weight excluding hydrogens is 416 g/mol. The van der Waals surface area contributed by atoms with Crippen LogP contribution in [0.4, 0.5) is 10.8 Å². The molecule has 162 valence electrons. The monoisotopic (exact) mass is 440 g/mol. The molecule has 0 spiro atoms. The molecule has 0 radical (unpaired) electrons. The fraction of sp³-hybridized carbons (Fsp3) is 0.227. The topological polar surface area (TPSA) is 92.8 Å². The smallest absolute Gasteiger partial charge is 0.240 e. The molecule has 0 aliphatic carbocycles. The summed E-state index contributed by atoms with van der Waals surface area (Å²) >= 11 is 1.34. The Balaban J connectivity index is 1.48. The van der Waals surface area contributed by atoms with Crippen molar-refractivity contribution < 1.29 is 19.1 Å². The third kappa shape index (κ3) is 6.53. The molecule has 0 aliphatic rings. The fourth-order valence-corrected chi connectivity index (χ4v) is 3.57. The minimum atomic E-state index is -0.243. The van der Waals surface area contributed by atoms with Crippen molar-refractivity contribution in [2.45, 2.75) is 0 Å². The fourth-order valence-electron chi connectivity index (χ4n) is 2.83. The molecule has 0 aliphatic heterocycles. The van der Waals surface area contributed by atoms with Crippen LogP contribution < -0.4 is 20.1 Å². The second kappa shape index (κ2) is 10.6. The van der Waals surface area contributed by atoms with Crippen LogP contribution in [-0.2, 0) is 9.59 Å². The Morgan fingerprint density at radius 3 is 2.32 bits per heavy atom. The van der Waals surface area contributed by atoms with Gasteiger partial charge in [0.05, 0.1) is 33.0 Å². The summed E-state index contributed by atoms with van der Waals surface area (Å²) in [7, 11) is 4.88. The molecule has 0 fully saturated rings. The van der Waals surface area contributed by atoms with Crippen LogP contribution in [0.15, 0.2) is 53.9 Å².